The Bertz CT molecular complexity index is 1260. The molecule has 7 nitrogen and oxygen atoms in total. The van der Waals surface area contributed by atoms with Gasteiger partial charge in [0.25, 0.3) is 5.91 Å². The standard InChI is InChI=1S/C25H26N4O3/c1-17-7-5-11-23-27-21(16-29(17)23)25(30)28-12-6-9-19(15-28)24-26-14-20(32-24)13-18-8-3-4-10-22(18)31-2/h3-5,7-8,10-11,14,16,19H,6,9,12-13,15H2,1-2H3/t19-/m0/s1. The molecule has 4 heterocycles. The molecule has 4 aromatic rings. The summed E-state index contributed by atoms with van der Waals surface area (Å²) >= 11 is 0. The van der Waals surface area contributed by atoms with Crippen molar-refractivity contribution in [2.45, 2.75) is 32.1 Å². The zero-order valence-corrected chi connectivity index (χ0v) is 18.3. The average Bonchev–Trinajstić information content (AvgIpc) is 3.47. The van der Waals surface area contributed by atoms with Crippen LogP contribution in [-0.4, -0.2) is 45.4 Å². The Morgan fingerprint density at radius 1 is 1.22 bits per heavy atom. The van der Waals surface area contributed by atoms with E-state index in [4.69, 9.17) is 9.15 Å². The third-order valence-corrected chi connectivity index (χ3v) is 6.10. The van der Waals surface area contributed by atoms with Crippen molar-refractivity contribution in [3.63, 3.8) is 0 Å². The van der Waals surface area contributed by atoms with Gasteiger partial charge in [-0.3, -0.25) is 4.79 Å². The van der Waals surface area contributed by atoms with Crippen molar-refractivity contribution >= 4 is 11.6 Å². The van der Waals surface area contributed by atoms with E-state index < -0.39 is 0 Å². The Balaban J connectivity index is 1.30. The minimum absolute atomic E-state index is 0.0430. The topological polar surface area (TPSA) is 72.9 Å². The molecule has 1 amide bonds. The second kappa shape index (κ2) is 8.49. The fourth-order valence-corrected chi connectivity index (χ4v) is 4.41. The minimum Gasteiger partial charge on any atom is -0.496 e. The number of rotatable bonds is 5. The number of carbonyl (C=O) groups is 1. The number of pyridine rings is 1. The lowest BCUT2D eigenvalue weighted by atomic mass is 9.98. The molecule has 1 aromatic carbocycles. The van der Waals surface area contributed by atoms with E-state index in [0.717, 1.165) is 47.8 Å². The number of oxazole rings is 1. The Morgan fingerprint density at radius 3 is 2.94 bits per heavy atom. The molecule has 1 aliphatic heterocycles. The number of benzene rings is 1. The number of nitrogens with zero attached hydrogens (tertiary/aromatic N) is 4. The first kappa shape index (κ1) is 20.3. The summed E-state index contributed by atoms with van der Waals surface area (Å²) in [4.78, 5) is 24.1. The van der Waals surface area contributed by atoms with Gasteiger partial charge >= 0.3 is 0 Å². The monoisotopic (exact) mass is 430 g/mol. The minimum atomic E-state index is -0.0430. The van der Waals surface area contributed by atoms with Gasteiger partial charge in [-0.15, -0.1) is 0 Å². The zero-order chi connectivity index (χ0) is 22.1. The maximum Gasteiger partial charge on any atom is 0.274 e. The predicted octanol–water partition coefficient (Wildman–Crippen LogP) is 4.25. The van der Waals surface area contributed by atoms with E-state index in [0.29, 0.717) is 24.6 Å². The van der Waals surface area contributed by atoms with Crippen LogP contribution >= 0.6 is 0 Å². The van der Waals surface area contributed by atoms with E-state index >= 15 is 0 Å². The van der Waals surface area contributed by atoms with Gasteiger partial charge in [-0.05, 0) is 38.0 Å². The van der Waals surface area contributed by atoms with Crippen LogP contribution in [0.15, 0.2) is 59.3 Å². The Labute approximate surface area is 186 Å². The number of para-hydroxylation sites is 1. The molecule has 1 atom stereocenters. The van der Waals surface area contributed by atoms with Crippen molar-refractivity contribution in [3.05, 3.63) is 83.5 Å². The fourth-order valence-electron chi connectivity index (χ4n) is 4.41. The molecule has 0 radical (unpaired) electrons. The molecule has 0 unspecified atom stereocenters. The maximum atomic E-state index is 13.2. The molecule has 0 saturated carbocycles. The van der Waals surface area contributed by atoms with E-state index in [2.05, 4.69) is 9.97 Å². The second-order valence-electron chi connectivity index (χ2n) is 8.27. The summed E-state index contributed by atoms with van der Waals surface area (Å²) in [5.41, 5.74) is 3.37. The quantitative estimate of drug-likeness (QED) is 0.473. The highest BCUT2D eigenvalue weighted by Crippen LogP contribution is 2.29. The smallest absolute Gasteiger partial charge is 0.274 e. The van der Waals surface area contributed by atoms with Crippen LogP contribution in [0.3, 0.4) is 0 Å². The van der Waals surface area contributed by atoms with Crippen LogP contribution in [0.25, 0.3) is 5.65 Å². The molecule has 1 fully saturated rings. The van der Waals surface area contributed by atoms with Crippen LogP contribution < -0.4 is 4.74 Å². The number of methoxy groups -OCH3 is 1. The Hall–Kier alpha value is -3.61. The molecular formula is C25H26N4O3. The first-order valence-electron chi connectivity index (χ1n) is 10.9. The number of piperidine rings is 1. The Kier molecular flexibility index (Phi) is 5.39. The van der Waals surface area contributed by atoms with E-state index in [1.807, 2.05) is 64.9 Å². The molecule has 1 aliphatic rings. The SMILES string of the molecule is COc1ccccc1Cc1cnc([C@H]2CCCN(C(=O)c3cn4c(C)cccc4n3)C2)o1. The molecular weight excluding hydrogens is 404 g/mol. The average molecular weight is 431 g/mol. The first-order valence-corrected chi connectivity index (χ1v) is 10.9. The van der Waals surface area contributed by atoms with Crippen LogP contribution in [0.2, 0.25) is 0 Å². The highest BCUT2D eigenvalue weighted by molar-refractivity contribution is 5.93. The van der Waals surface area contributed by atoms with E-state index in [1.54, 1.807) is 13.3 Å². The van der Waals surface area contributed by atoms with Gasteiger partial charge in [0.2, 0.25) is 0 Å². The molecule has 1 saturated heterocycles. The summed E-state index contributed by atoms with van der Waals surface area (Å²) in [6, 6.07) is 13.8. The number of fused-ring (bicyclic) bond motifs is 1. The Morgan fingerprint density at radius 2 is 2.09 bits per heavy atom. The van der Waals surface area contributed by atoms with E-state index in [-0.39, 0.29) is 11.8 Å². The van der Waals surface area contributed by atoms with Gasteiger partial charge in [0, 0.05) is 37.0 Å². The number of hydrogen-bond acceptors (Lipinski definition) is 5. The van der Waals surface area contributed by atoms with Crippen molar-refractivity contribution < 1.29 is 13.9 Å². The number of aryl methyl sites for hydroxylation is 1. The largest absolute Gasteiger partial charge is 0.496 e. The zero-order valence-electron chi connectivity index (χ0n) is 18.3. The van der Waals surface area contributed by atoms with Crippen molar-refractivity contribution in [1.82, 2.24) is 19.3 Å². The molecule has 7 heteroatoms. The summed E-state index contributed by atoms with van der Waals surface area (Å²) in [5.74, 6) is 2.36. The van der Waals surface area contributed by atoms with Crippen LogP contribution in [0.5, 0.6) is 5.75 Å². The van der Waals surface area contributed by atoms with Crippen molar-refractivity contribution in [2.24, 2.45) is 0 Å². The third kappa shape index (κ3) is 3.86. The van der Waals surface area contributed by atoms with Gasteiger partial charge in [0.05, 0.1) is 19.2 Å². The number of ether oxygens (including phenoxy) is 1. The normalized spacial score (nSPS) is 16.4. The summed E-state index contributed by atoms with van der Waals surface area (Å²) < 4.78 is 13.5. The molecule has 0 bridgehead atoms. The number of likely N-dealkylation sites (tertiary alicyclic amines) is 1. The van der Waals surface area contributed by atoms with Crippen LogP contribution in [0.4, 0.5) is 0 Å². The lowest BCUT2D eigenvalue weighted by molar-refractivity contribution is 0.0692. The maximum absolute atomic E-state index is 13.2. The summed E-state index contributed by atoms with van der Waals surface area (Å²) in [6.07, 6.45) is 6.09. The molecule has 5 rings (SSSR count). The molecule has 0 aliphatic carbocycles. The van der Waals surface area contributed by atoms with Gasteiger partial charge in [0.1, 0.15) is 22.9 Å². The summed E-state index contributed by atoms with van der Waals surface area (Å²) in [6.45, 7) is 3.31. The van der Waals surface area contributed by atoms with Gasteiger partial charge < -0.3 is 18.5 Å². The van der Waals surface area contributed by atoms with Gasteiger partial charge in [-0.25, -0.2) is 9.97 Å². The van der Waals surface area contributed by atoms with Crippen molar-refractivity contribution in [3.8, 4) is 5.75 Å². The number of imidazole rings is 1. The first-order chi connectivity index (χ1) is 15.6. The lowest BCUT2D eigenvalue weighted by Gasteiger charge is -2.30. The fraction of sp³-hybridized carbons (Fsp3) is 0.320. The predicted molar refractivity (Wildman–Crippen MR) is 120 cm³/mol. The molecule has 0 spiro atoms. The highest BCUT2D eigenvalue weighted by Gasteiger charge is 2.29. The van der Waals surface area contributed by atoms with E-state index in [9.17, 15) is 4.79 Å². The number of amides is 1. The molecule has 3 aromatic heterocycles. The molecule has 164 valence electrons. The molecule has 32 heavy (non-hydrogen) atoms. The third-order valence-electron chi connectivity index (χ3n) is 6.10. The lowest BCUT2D eigenvalue weighted by Crippen LogP contribution is -2.39. The number of carbonyl (C=O) groups excluding carboxylic acids is 1. The van der Waals surface area contributed by atoms with Crippen LogP contribution in [0.1, 0.15) is 52.2 Å². The van der Waals surface area contributed by atoms with E-state index in [1.165, 1.54) is 0 Å². The van der Waals surface area contributed by atoms with Gasteiger partial charge in [-0.1, -0.05) is 24.3 Å². The van der Waals surface area contributed by atoms with Crippen molar-refractivity contribution in [2.75, 3.05) is 20.2 Å². The number of hydrogen-bond donors (Lipinski definition) is 0. The second-order valence-corrected chi connectivity index (χ2v) is 8.27. The van der Waals surface area contributed by atoms with Crippen LogP contribution in [-0.2, 0) is 6.42 Å². The highest BCUT2D eigenvalue weighted by atomic mass is 16.5. The summed E-state index contributed by atoms with van der Waals surface area (Å²) in [7, 11) is 1.67. The summed E-state index contributed by atoms with van der Waals surface area (Å²) in [5, 5.41) is 0. The van der Waals surface area contributed by atoms with Crippen molar-refractivity contribution in [1.29, 1.82) is 0 Å². The van der Waals surface area contributed by atoms with Gasteiger partial charge in [0.15, 0.2) is 5.89 Å². The molecule has 0 N–H and O–H groups in total. The van der Waals surface area contributed by atoms with Gasteiger partial charge in [-0.2, -0.15) is 0 Å². The van der Waals surface area contributed by atoms with Crippen LogP contribution in [0, 0.1) is 6.92 Å². The number of aromatic nitrogens is 3.